The second kappa shape index (κ2) is 6.54. The average molecular weight is 324 g/mol. The number of methoxy groups -OCH3 is 1. The van der Waals surface area contributed by atoms with E-state index in [4.69, 9.17) is 4.74 Å². The number of nitrogens with zero attached hydrogens (tertiary/aromatic N) is 1. The van der Waals surface area contributed by atoms with Crippen LogP contribution in [0.2, 0.25) is 0 Å². The number of benzene rings is 2. The molecule has 1 saturated heterocycles. The van der Waals surface area contributed by atoms with Crippen LogP contribution in [0.4, 0.5) is 11.4 Å². The second-order valence-electron chi connectivity index (χ2n) is 5.38. The van der Waals surface area contributed by atoms with Gasteiger partial charge < -0.3 is 15.0 Å². The van der Waals surface area contributed by atoms with Crippen LogP contribution in [-0.4, -0.2) is 31.3 Å². The predicted molar refractivity (Wildman–Crippen MR) is 88.9 cm³/mol. The Balaban J connectivity index is 1.74. The quantitative estimate of drug-likeness (QED) is 0.871. The molecule has 0 aliphatic carbocycles. The van der Waals surface area contributed by atoms with Crippen molar-refractivity contribution in [2.45, 2.75) is 0 Å². The minimum atomic E-state index is -1.31. The summed E-state index contributed by atoms with van der Waals surface area (Å²) >= 11 is 0. The minimum absolute atomic E-state index is 0.0937. The van der Waals surface area contributed by atoms with E-state index in [2.05, 4.69) is 5.32 Å². The van der Waals surface area contributed by atoms with E-state index in [1.807, 2.05) is 6.07 Å². The van der Waals surface area contributed by atoms with Gasteiger partial charge in [-0.1, -0.05) is 18.2 Å². The molecule has 0 spiro atoms. The normalized spacial score (nSPS) is 17.0. The highest BCUT2D eigenvalue weighted by molar-refractivity contribution is 6.30. The third kappa shape index (κ3) is 2.99. The van der Waals surface area contributed by atoms with Gasteiger partial charge in [0.2, 0.25) is 11.8 Å². The molecule has 1 N–H and O–H groups in total. The molecule has 0 unspecified atom stereocenters. The van der Waals surface area contributed by atoms with Gasteiger partial charge >= 0.3 is 0 Å². The summed E-state index contributed by atoms with van der Waals surface area (Å²) in [6.07, 6.45) is 0. The van der Waals surface area contributed by atoms with E-state index >= 15 is 0 Å². The smallest absolute Gasteiger partial charge is 0.247 e. The van der Waals surface area contributed by atoms with Crippen molar-refractivity contribution in [2.24, 2.45) is 5.92 Å². The topological polar surface area (TPSA) is 75.7 Å². The van der Waals surface area contributed by atoms with E-state index in [1.54, 1.807) is 55.6 Å². The fraction of sp³-hybridized carbons (Fsp3) is 0.167. The fourth-order valence-electron chi connectivity index (χ4n) is 2.59. The van der Waals surface area contributed by atoms with Crippen LogP contribution in [0.25, 0.3) is 0 Å². The zero-order valence-corrected chi connectivity index (χ0v) is 13.1. The van der Waals surface area contributed by atoms with E-state index in [1.165, 1.54) is 4.90 Å². The number of hydrogen-bond acceptors (Lipinski definition) is 4. The molecule has 3 rings (SSSR count). The standard InChI is InChI=1S/C18H16N2O4/c1-24-14-9-7-12(8-10-14)19-17(22)16-15(21)11-20(18(16)23)13-5-3-2-4-6-13/h2-10,16H,11H2,1H3,(H,19,22)/t16-/m1/s1. The molecule has 24 heavy (non-hydrogen) atoms. The van der Waals surface area contributed by atoms with Crippen LogP contribution < -0.4 is 15.0 Å². The third-order valence-corrected chi connectivity index (χ3v) is 3.84. The van der Waals surface area contributed by atoms with Crippen LogP contribution in [0.1, 0.15) is 0 Å². The lowest BCUT2D eigenvalue weighted by Crippen LogP contribution is -2.34. The van der Waals surface area contributed by atoms with Crippen molar-refractivity contribution in [3.05, 3.63) is 54.6 Å². The van der Waals surface area contributed by atoms with Gasteiger partial charge in [0, 0.05) is 11.4 Å². The molecule has 122 valence electrons. The summed E-state index contributed by atoms with van der Waals surface area (Å²) in [7, 11) is 1.54. The van der Waals surface area contributed by atoms with Gasteiger partial charge in [0.15, 0.2) is 11.7 Å². The molecule has 0 radical (unpaired) electrons. The molecule has 1 aliphatic heterocycles. The van der Waals surface area contributed by atoms with Crippen molar-refractivity contribution in [3.8, 4) is 5.75 Å². The van der Waals surface area contributed by atoms with Crippen molar-refractivity contribution in [1.82, 2.24) is 0 Å². The summed E-state index contributed by atoms with van der Waals surface area (Å²) in [5.74, 6) is -2.19. The van der Waals surface area contributed by atoms with Gasteiger partial charge in [0.1, 0.15) is 5.75 Å². The average Bonchev–Trinajstić information content (AvgIpc) is 2.91. The van der Waals surface area contributed by atoms with Gasteiger partial charge in [-0.3, -0.25) is 14.4 Å². The SMILES string of the molecule is COc1ccc(NC(=O)[C@H]2C(=O)CN(c3ccccc3)C2=O)cc1. The number of Topliss-reactive ketones (excluding diaryl/α,β-unsaturated/α-hetero) is 1. The van der Waals surface area contributed by atoms with E-state index < -0.39 is 23.5 Å². The Morgan fingerprint density at radius 3 is 2.38 bits per heavy atom. The van der Waals surface area contributed by atoms with Crippen LogP contribution in [0.5, 0.6) is 5.75 Å². The number of amides is 2. The summed E-state index contributed by atoms with van der Waals surface area (Å²) in [4.78, 5) is 38.3. The molecule has 1 heterocycles. The monoisotopic (exact) mass is 324 g/mol. The van der Waals surface area contributed by atoms with Crippen molar-refractivity contribution < 1.29 is 19.1 Å². The summed E-state index contributed by atoms with van der Waals surface area (Å²) in [5, 5.41) is 2.61. The Morgan fingerprint density at radius 2 is 1.75 bits per heavy atom. The Labute approximate surface area is 139 Å². The lowest BCUT2D eigenvalue weighted by molar-refractivity contribution is -0.134. The molecule has 1 aliphatic rings. The number of rotatable bonds is 4. The molecule has 2 aromatic rings. The van der Waals surface area contributed by atoms with Gasteiger partial charge in [-0.25, -0.2) is 0 Å². The van der Waals surface area contributed by atoms with E-state index in [0.717, 1.165) is 0 Å². The summed E-state index contributed by atoms with van der Waals surface area (Å²) in [6, 6.07) is 15.5. The number of ether oxygens (including phenoxy) is 1. The van der Waals surface area contributed by atoms with Crippen LogP contribution in [0.3, 0.4) is 0 Å². The molecule has 1 atom stereocenters. The van der Waals surface area contributed by atoms with Crippen molar-refractivity contribution in [3.63, 3.8) is 0 Å². The number of ketones is 1. The minimum Gasteiger partial charge on any atom is -0.497 e. The van der Waals surface area contributed by atoms with Crippen LogP contribution in [-0.2, 0) is 14.4 Å². The third-order valence-electron chi connectivity index (χ3n) is 3.84. The molecule has 2 aromatic carbocycles. The lowest BCUT2D eigenvalue weighted by Gasteiger charge is -2.15. The molecule has 1 fully saturated rings. The van der Waals surface area contributed by atoms with Gasteiger partial charge in [-0.2, -0.15) is 0 Å². The number of carbonyl (C=O) groups is 3. The molecule has 2 amide bonds. The Hall–Kier alpha value is -3.15. The first-order chi connectivity index (χ1) is 11.6. The Morgan fingerprint density at radius 1 is 1.08 bits per heavy atom. The molecular weight excluding hydrogens is 308 g/mol. The molecule has 6 heteroatoms. The van der Waals surface area contributed by atoms with Crippen molar-refractivity contribution in [2.75, 3.05) is 23.9 Å². The summed E-state index contributed by atoms with van der Waals surface area (Å²) < 4.78 is 5.04. The largest absolute Gasteiger partial charge is 0.497 e. The molecule has 0 saturated carbocycles. The Kier molecular flexibility index (Phi) is 4.29. The zero-order valence-electron chi connectivity index (χ0n) is 13.1. The lowest BCUT2D eigenvalue weighted by atomic mass is 10.1. The second-order valence-corrected chi connectivity index (χ2v) is 5.38. The van der Waals surface area contributed by atoms with Gasteiger partial charge in [-0.15, -0.1) is 0 Å². The number of nitrogens with one attached hydrogen (secondary N) is 1. The molecule has 0 bridgehead atoms. The number of anilines is 2. The highest BCUT2D eigenvalue weighted by Gasteiger charge is 2.44. The van der Waals surface area contributed by atoms with E-state index in [0.29, 0.717) is 17.1 Å². The fourth-order valence-corrected chi connectivity index (χ4v) is 2.59. The van der Waals surface area contributed by atoms with Crippen LogP contribution in [0, 0.1) is 5.92 Å². The van der Waals surface area contributed by atoms with Crippen molar-refractivity contribution in [1.29, 1.82) is 0 Å². The maximum atomic E-state index is 12.5. The maximum Gasteiger partial charge on any atom is 0.247 e. The van der Waals surface area contributed by atoms with E-state index in [-0.39, 0.29) is 6.54 Å². The maximum absolute atomic E-state index is 12.5. The number of hydrogen-bond donors (Lipinski definition) is 1. The van der Waals surface area contributed by atoms with E-state index in [9.17, 15) is 14.4 Å². The molecular formula is C18H16N2O4. The first-order valence-electron chi connectivity index (χ1n) is 7.44. The van der Waals surface area contributed by atoms with Gasteiger partial charge in [0.05, 0.1) is 13.7 Å². The van der Waals surface area contributed by atoms with Gasteiger partial charge in [-0.05, 0) is 36.4 Å². The molecule has 6 nitrogen and oxygen atoms in total. The first kappa shape index (κ1) is 15.7. The zero-order chi connectivity index (χ0) is 17.1. The van der Waals surface area contributed by atoms with Crippen LogP contribution in [0.15, 0.2) is 54.6 Å². The number of carbonyl (C=O) groups excluding carboxylic acids is 3. The highest BCUT2D eigenvalue weighted by Crippen LogP contribution is 2.24. The Bertz CT molecular complexity index is 771. The predicted octanol–water partition coefficient (Wildman–Crippen LogP) is 1.87. The highest BCUT2D eigenvalue weighted by atomic mass is 16.5. The number of para-hydroxylation sites is 1. The van der Waals surface area contributed by atoms with Crippen LogP contribution >= 0.6 is 0 Å². The van der Waals surface area contributed by atoms with Gasteiger partial charge in [0.25, 0.3) is 0 Å². The first-order valence-corrected chi connectivity index (χ1v) is 7.44. The van der Waals surface area contributed by atoms with Crippen molar-refractivity contribution >= 4 is 29.0 Å². The summed E-state index contributed by atoms with van der Waals surface area (Å²) in [5.41, 5.74) is 1.11. The summed E-state index contributed by atoms with van der Waals surface area (Å²) in [6.45, 7) is -0.0937. The molecule has 0 aromatic heterocycles.